The van der Waals surface area contributed by atoms with E-state index in [9.17, 15) is 13.2 Å². The Morgan fingerprint density at radius 2 is 1.81 bits per heavy atom. The highest BCUT2D eigenvalue weighted by molar-refractivity contribution is 7.89. The summed E-state index contributed by atoms with van der Waals surface area (Å²) in [4.78, 5) is 18.9. The Bertz CT molecular complexity index is 895. The number of pyridine rings is 1. The first-order chi connectivity index (χ1) is 12.8. The van der Waals surface area contributed by atoms with Gasteiger partial charge in [-0.25, -0.2) is 13.4 Å². The molecule has 1 amide bonds. The fourth-order valence-corrected chi connectivity index (χ4v) is 4.14. The monoisotopic (exact) mass is 408 g/mol. The first kappa shape index (κ1) is 19.6. The average Bonchev–Trinajstić information content (AvgIpc) is 3.17. The second-order valence-corrected chi connectivity index (χ2v) is 8.54. The molecule has 0 radical (unpaired) electrons. The lowest BCUT2D eigenvalue weighted by Crippen LogP contribution is -2.41. The Kier molecular flexibility index (Phi) is 5.98. The van der Waals surface area contributed by atoms with Crippen molar-refractivity contribution in [2.75, 3.05) is 23.3 Å². The second-order valence-electron chi connectivity index (χ2n) is 6.39. The van der Waals surface area contributed by atoms with Crippen LogP contribution in [0.1, 0.15) is 19.8 Å². The molecule has 7 nitrogen and oxygen atoms in total. The van der Waals surface area contributed by atoms with E-state index in [4.69, 9.17) is 11.6 Å². The van der Waals surface area contributed by atoms with Crippen molar-refractivity contribution in [3.05, 3.63) is 47.6 Å². The number of hydrogen-bond acceptors (Lipinski definition) is 5. The lowest BCUT2D eigenvalue weighted by molar-refractivity contribution is -0.117. The van der Waals surface area contributed by atoms with Crippen molar-refractivity contribution in [3.63, 3.8) is 0 Å². The van der Waals surface area contributed by atoms with Gasteiger partial charge in [0.2, 0.25) is 15.9 Å². The van der Waals surface area contributed by atoms with Crippen LogP contribution in [-0.4, -0.2) is 38.4 Å². The third-order valence-electron chi connectivity index (χ3n) is 4.29. The quantitative estimate of drug-likeness (QED) is 0.766. The molecule has 1 aliphatic rings. The number of halogens is 1. The maximum absolute atomic E-state index is 12.4. The van der Waals surface area contributed by atoms with Crippen LogP contribution in [0.4, 0.5) is 11.5 Å². The number of hydrogen-bond donors (Lipinski definition) is 2. The number of carbonyl (C=O) groups is 1. The van der Waals surface area contributed by atoms with Crippen LogP contribution in [0.3, 0.4) is 0 Å². The van der Waals surface area contributed by atoms with Gasteiger partial charge in [0.25, 0.3) is 0 Å². The van der Waals surface area contributed by atoms with Gasteiger partial charge < -0.3 is 10.2 Å². The summed E-state index contributed by atoms with van der Waals surface area (Å²) in [7, 11) is -3.82. The van der Waals surface area contributed by atoms with Crippen molar-refractivity contribution in [1.29, 1.82) is 0 Å². The minimum absolute atomic E-state index is 0.0446. The number of sulfonamides is 1. The Balaban J connectivity index is 1.60. The highest BCUT2D eigenvalue weighted by Crippen LogP contribution is 2.19. The SMILES string of the molecule is C[C@H](NS(=O)(=O)c1ccc(Cl)cc1)C(=O)Nc1ccc(N2CCCC2)nc1. The smallest absolute Gasteiger partial charge is 0.242 e. The third kappa shape index (κ3) is 4.97. The maximum Gasteiger partial charge on any atom is 0.242 e. The first-order valence-corrected chi connectivity index (χ1v) is 10.5. The van der Waals surface area contributed by atoms with Gasteiger partial charge in [-0.3, -0.25) is 4.79 Å². The average molecular weight is 409 g/mol. The van der Waals surface area contributed by atoms with Gasteiger partial charge in [-0.1, -0.05) is 11.6 Å². The molecule has 0 unspecified atom stereocenters. The molecule has 2 N–H and O–H groups in total. The predicted octanol–water partition coefficient (Wildman–Crippen LogP) is 2.64. The summed E-state index contributed by atoms with van der Waals surface area (Å²) >= 11 is 5.77. The third-order valence-corrected chi connectivity index (χ3v) is 6.10. The number of aromatic nitrogens is 1. The zero-order valence-electron chi connectivity index (χ0n) is 14.9. The lowest BCUT2D eigenvalue weighted by atomic mass is 10.3. The molecule has 1 saturated heterocycles. The van der Waals surface area contributed by atoms with Crippen molar-refractivity contribution >= 4 is 39.0 Å². The molecule has 144 valence electrons. The van der Waals surface area contributed by atoms with Crippen molar-refractivity contribution in [2.45, 2.75) is 30.7 Å². The molecule has 2 heterocycles. The van der Waals surface area contributed by atoms with E-state index in [1.165, 1.54) is 31.2 Å². The van der Waals surface area contributed by atoms with Crippen molar-refractivity contribution in [1.82, 2.24) is 9.71 Å². The van der Waals surface area contributed by atoms with Crippen molar-refractivity contribution in [2.24, 2.45) is 0 Å². The molecular weight excluding hydrogens is 388 g/mol. The van der Waals surface area contributed by atoms with Gasteiger partial charge in [-0.05, 0) is 56.2 Å². The molecule has 0 spiro atoms. The van der Waals surface area contributed by atoms with E-state index in [0.717, 1.165) is 31.7 Å². The van der Waals surface area contributed by atoms with Gasteiger partial charge >= 0.3 is 0 Å². The van der Waals surface area contributed by atoms with Gasteiger partial charge in [0.05, 0.1) is 22.8 Å². The molecule has 0 saturated carbocycles. The molecule has 2 aromatic rings. The predicted molar refractivity (Wildman–Crippen MR) is 106 cm³/mol. The fraction of sp³-hybridized carbons (Fsp3) is 0.333. The van der Waals surface area contributed by atoms with Crippen LogP contribution in [0.5, 0.6) is 0 Å². The lowest BCUT2D eigenvalue weighted by Gasteiger charge is -2.17. The summed E-state index contributed by atoms with van der Waals surface area (Å²) in [5.41, 5.74) is 0.514. The summed E-state index contributed by atoms with van der Waals surface area (Å²) in [6.07, 6.45) is 3.89. The molecule has 1 aromatic carbocycles. The first-order valence-electron chi connectivity index (χ1n) is 8.65. The zero-order valence-corrected chi connectivity index (χ0v) is 16.4. The maximum atomic E-state index is 12.4. The number of rotatable bonds is 6. The summed E-state index contributed by atoms with van der Waals surface area (Å²) in [5.74, 6) is 0.408. The number of amides is 1. The van der Waals surface area contributed by atoms with E-state index in [1.807, 2.05) is 6.07 Å². The molecule has 0 bridgehead atoms. The van der Waals surface area contributed by atoms with Gasteiger partial charge in [-0.2, -0.15) is 4.72 Å². The van der Waals surface area contributed by atoms with Gasteiger partial charge in [0.15, 0.2) is 0 Å². The molecule has 1 atom stereocenters. The fourth-order valence-electron chi connectivity index (χ4n) is 2.81. The van der Waals surface area contributed by atoms with E-state index < -0.39 is 22.0 Å². The molecule has 27 heavy (non-hydrogen) atoms. The minimum atomic E-state index is -3.82. The Labute approximate surface area is 163 Å². The standard InChI is InChI=1S/C18H21ClN4O3S/c1-13(22-27(25,26)16-7-4-14(19)5-8-16)18(24)21-15-6-9-17(20-12-15)23-10-2-3-11-23/h4-9,12-13,22H,2-3,10-11H2,1H3,(H,21,24)/t13-/m0/s1. The van der Waals surface area contributed by atoms with Crippen LogP contribution < -0.4 is 14.9 Å². The van der Waals surface area contributed by atoms with Crippen LogP contribution in [-0.2, 0) is 14.8 Å². The Hall–Kier alpha value is -2.16. The number of carbonyl (C=O) groups excluding carboxylic acids is 1. The van der Waals surface area contributed by atoms with E-state index in [2.05, 4.69) is 19.9 Å². The number of nitrogens with one attached hydrogen (secondary N) is 2. The normalized spacial score (nSPS) is 15.6. The summed E-state index contributed by atoms with van der Waals surface area (Å²) in [6, 6.07) is 8.39. The van der Waals surface area contributed by atoms with E-state index >= 15 is 0 Å². The second kappa shape index (κ2) is 8.24. The highest BCUT2D eigenvalue weighted by atomic mass is 35.5. The van der Waals surface area contributed by atoms with E-state index in [1.54, 1.807) is 12.3 Å². The summed E-state index contributed by atoms with van der Waals surface area (Å²) in [6.45, 7) is 3.46. The van der Waals surface area contributed by atoms with E-state index in [0.29, 0.717) is 10.7 Å². The highest BCUT2D eigenvalue weighted by Gasteiger charge is 2.22. The van der Waals surface area contributed by atoms with Crippen molar-refractivity contribution in [3.8, 4) is 0 Å². The van der Waals surface area contributed by atoms with Gasteiger partial charge in [0.1, 0.15) is 5.82 Å². The molecule has 0 aliphatic carbocycles. The molecule has 9 heteroatoms. The topological polar surface area (TPSA) is 91.4 Å². The molecule has 1 aromatic heterocycles. The van der Waals surface area contributed by atoms with Crippen LogP contribution in [0.25, 0.3) is 0 Å². The zero-order chi connectivity index (χ0) is 19.4. The van der Waals surface area contributed by atoms with Crippen LogP contribution >= 0.6 is 11.6 Å². The number of anilines is 2. The van der Waals surface area contributed by atoms with Crippen molar-refractivity contribution < 1.29 is 13.2 Å². The summed E-state index contributed by atoms with van der Waals surface area (Å²) in [5, 5.41) is 3.11. The Morgan fingerprint density at radius 1 is 1.15 bits per heavy atom. The van der Waals surface area contributed by atoms with Gasteiger partial charge in [0, 0.05) is 18.1 Å². The largest absolute Gasteiger partial charge is 0.357 e. The number of benzene rings is 1. The molecule has 3 rings (SSSR count). The molecule has 1 fully saturated rings. The molecule has 1 aliphatic heterocycles. The minimum Gasteiger partial charge on any atom is -0.357 e. The van der Waals surface area contributed by atoms with Crippen LogP contribution in [0.15, 0.2) is 47.5 Å². The van der Waals surface area contributed by atoms with Gasteiger partial charge in [-0.15, -0.1) is 0 Å². The Morgan fingerprint density at radius 3 is 2.41 bits per heavy atom. The summed E-state index contributed by atoms with van der Waals surface area (Å²) < 4.78 is 27.1. The number of nitrogens with zero attached hydrogens (tertiary/aromatic N) is 2. The molecular formula is C18H21ClN4O3S. The van der Waals surface area contributed by atoms with E-state index in [-0.39, 0.29) is 4.90 Å². The van der Waals surface area contributed by atoms with Crippen LogP contribution in [0.2, 0.25) is 5.02 Å². The van der Waals surface area contributed by atoms with Crippen LogP contribution in [0, 0.1) is 0 Å².